The van der Waals surface area contributed by atoms with E-state index >= 15 is 0 Å². The first-order valence-corrected chi connectivity index (χ1v) is 6.76. The monoisotopic (exact) mass is 265 g/mol. The lowest BCUT2D eigenvalue weighted by Crippen LogP contribution is -2.47. The molecule has 2 rings (SSSR count). The normalized spacial score (nSPS) is 22.5. The summed E-state index contributed by atoms with van der Waals surface area (Å²) in [7, 11) is 1.50. The van der Waals surface area contributed by atoms with Crippen LogP contribution in [0.3, 0.4) is 0 Å². The fraction of sp³-hybridized carbons (Fsp3) is 0.533. The highest BCUT2D eigenvalue weighted by molar-refractivity contribution is 6.05. The van der Waals surface area contributed by atoms with Gasteiger partial charge in [-0.3, -0.25) is 4.79 Å². The van der Waals surface area contributed by atoms with E-state index in [0.717, 1.165) is 32.2 Å². The van der Waals surface area contributed by atoms with Gasteiger partial charge in [-0.2, -0.15) is 0 Å². The molecule has 1 aromatic rings. The van der Waals surface area contributed by atoms with E-state index in [0.29, 0.717) is 11.3 Å². The number of hydrogen-bond donors (Lipinski definition) is 1. The maximum Gasteiger partial charge on any atom is 0.186 e. The van der Waals surface area contributed by atoms with Crippen LogP contribution in [0, 0.1) is 5.82 Å². The largest absolute Gasteiger partial charge is 0.496 e. The lowest BCUT2D eigenvalue weighted by atomic mass is 9.83. The summed E-state index contributed by atoms with van der Waals surface area (Å²) in [5.74, 6) is -0.0208. The van der Waals surface area contributed by atoms with Crippen molar-refractivity contribution >= 4 is 5.78 Å². The van der Waals surface area contributed by atoms with Crippen LogP contribution in [-0.4, -0.2) is 25.0 Å². The molecule has 1 aromatic carbocycles. The number of halogens is 1. The Morgan fingerprint density at radius 3 is 2.89 bits per heavy atom. The molecule has 0 aromatic heterocycles. The summed E-state index contributed by atoms with van der Waals surface area (Å²) in [5.41, 5.74) is -0.208. The molecule has 1 aliphatic heterocycles. The summed E-state index contributed by atoms with van der Waals surface area (Å²) in [5, 5.41) is 3.31. The molecule has 1 unspecified atom stereocenters. The van der Waals surface area contributed by atoms with E-state index in [9.17, 15) is 9.18 Å². The van der Waals surface area contributed by atoms with Gasteiger partial charge in [0.2, 0.25) is 0 Å². The van der Waals surface area contributed by atoms with Crippen LogP contribution in [0.25, 0.3) is 0 Å². The molecule has 0 radical (unpaired) electrons. The van der Waals surface area contributed by atoms with Gasteiger partial charge in [0.1, 0.15) is 11.6 Å². The van der Waals surface area contributed by atoms with Crippen molar-refractivity contribution < 1.29 is 13.9 Å². The van der Waals surface area contributed by atoms with Crippen molar-refractivity contribution in [1.29, 1.82) is 0 Å². The Bertz CT molecular complexity index is 467. The summed E-state index contributed by atoms with van der Waals surface area (Å²) >= 11 is 0. The van der Waals surface area contributed by atoms with Gasteiger partial charge in [0.05, 0.1) is 18.2 Å². The first-order valence-electron chi connectivity index (χ1n) is 6.76. The molecule has 104 valence electrons. The molecule has 3 nitrogen and oxygen atoms in total. The standard InChI is InChI=1S/C15H20FNO2/c1-3-7-15(8-4-9-17-15)14(18)12-10-11(16)5-6-13(12)19-2/h5-6,10,17H,3-4,7-9H2,1-2H3. The second-order valence-electron chi connectivity index (χ2n) is 5.04. The molecule has 0 saturated carbocycles. The van der Waals surface area contributed by atoms with Gasteiger partial charge in [-0.1, -0.05) is 13.3 Å². The molecule has 0 spiro atoms. The number of benzene rings is 1. The highest BCUT2D eigenvalue weighted by Crippen LogP contribution is 2.32. The van der Waals surface area contributed by atoms with E-state index in [-0.39, 0.29) is 5.78 Å². The smallest absolute Gasteiger partial charge is 0.186 e. The van der Waals surface area contributed by atoms with Crippen molar-refractivity contribution in [3.05, 3.63) is 29.6 Å². The number of methoxy groups -OCH3 is 1. The summed E-state index contributed by atoms with van der Waals surface area (Å²) < 4.78 is 18.6. The van der Waals surface area contributed by atoms with E-state index < -0.39 is 11.4 Å². The number of nitrogens with one attached hydrogen (secondary N) is 1. The van der Waals surface area contributed by atoms with E-state index in [1.165, 1.54) is 25.3 Å². The third-order valence-electron chi connectivity index (χ3n) is 3.76. The predicted molar refractivity (Wildman–Crippen MR) is 72.2 cm³/mol. The summed E-state index contributed by atoms with van der Waals surface area (Å²) in [6.07, 6.45) is 3.46. The number of Topliss-reactive ketones (excluding diaryl/α,β-unsaturated/α-hetero) is 1. The molecule has 1 aliphatic rings. The van der Waals surface area contributed by atoms with Crippen LogP contribution in [0.5, 0.6) is 5.75 Å². The van der Waals surface area contributed by atoms with Crippen molar-refractivity contribution in [3.63, 3.8) is 0 Å². The molecular formula is C15H20FNO2. The van der Waals surface area contributed by atoms with Crippen molar-refractivity contribution in [1.82, 2.24) is 5.32 Å². The van der Waals surface area contributed by atoms with Gasteiger partial charge in [-0.15, -0.1) is 0 Å². The number of rotatable bonds is 5. The zero-order valence-electron chi connectivity index (χ0n) is 11.5. The Morgan fingerprint density at radius 1 is 1.53 bits per heavy atom. The molecular weight excluding hydrogens is 245 g/mol. The lowest BCUT2D eigenvalue weighted by Gasteiger charge is -2.28. The lowest BCUT2D eigenvalue weighted by molar-refractivity contribution is 0.0854. The highest BCUT2D eigenvalue weighted by Gasteiger charge is 2.41. The average Bonchev–Trinajstić information content (AvgIpc) is 2.88. The third kappa shape index (κ3) is 2.63. The van der Waals surface area contributed by atoms with Crippen LogP contribution in [-0.2, 0) is 0 Å². The SMILES string of the molecule is CCCC1(C(=O)c2cc(F)ccc2OC)CCCN1. The van der Waals surface area contributed by atoms with E-state index in [1.54, 1.807) is 0 Å². The van der Waals surface area contributed by atoms with Crippen molar-refractivity contribution in [2.24, 2.45) is 0 Å². The van der Waals surface area contributed by atoms with Gasteiger partial charge in [0.15, 0.2) is 5.78 Å². The van der Waals surface area contributed by atoms with Gasteiger partial charge < -0.3 is 10.1 Å². The molecule has 0 bridgehead atoms. The molecule has 1 heterocycles. The molecule has 1 atom stereocenters. The van der Waals surface area contributed by atoms with Crippen molar-refractivity contribution in [2.45, 2.75) is 38.1 Å². The van der Waals surface area contributed by atoms with Crippen LogP contribution in [0.15, 0.2) is 18.2 Å². The summed E-state index contributed by atoms with van der Waals surface area (Å²) in [4.78, 5) is 12.8. The quantitative estimate of drug-likeness (QED) is 0.832. The van der Waals surface area contributed by atoms with Crippen LogP contribution >= 0.6 is 0 Å². The van der Waals surface area contributed by atoms with E-state index in [4.69, 9.17) is 4.74 Å². The molecule has 1 saturated heterocycles. The molecule has 4 heteroatoms. The minimum absolute atomic E-state index is 0.0526. The van der Waals surface area contributed by atoms with Gasteiger partial charge in [-0.05, 0) is 44.0 Å². The minimum Gasteiger partial charge on any atom is -0.496 e. The molecule has 1 fully saturated rings. The number of ether oxygens (including phenoxy) is 1. The second kappa shape index (κ2) is 5.70. The number of ketones is 1. The predicted octanol–water partition coefficient (Wildman–Crippen LogP) is 2.94. The Hall–Kier alpha value is -1.42. The minimum atomic E-state index is -0.546. The molecule has 19 heavy (non-hydrogen) atoms. The summed E-state index contributed by atoms with van der Waals surface area (Å²) in [6.45, 7) is 2.89. The van der Waals surface area contributed by atoms with Gasteiger partial charge in [0, 0.05) is 0 Å². The van der Waals surface area contributed by atoms with Crippen molar-refractivity contribution in [2.75, 3.05) is 13.7 Å². The maximum atomic E-state index is 13.4. The Labute approximate surface area is 113 Å². The van der Waals surface area contributed by atoms with Crippen LogP contribution < -0.4 is 10.1 Å². The van der Waals surface area contributed by atoms with Gasteiger partial charge in [-0.25, -0.2) is 4.39 Å². The Morgan fingerprint density at radius 2 is 2.32 bits per heavy atom. The number of carbonyl (C=O) groups excluding carboxylic acids is 1. The van der Waals surface area contributed by atoms with Crippen LogP contribution in [0.4, 0.5) is 4.39 Å². The molecule has 1 N–H and O–H groups in total. The summed E-state index contributed by atoms with van der Waals surface area (Å²) in [6, 6.07) is 4.10. The average molecular weight is 265 g/mol. The Kier molecular flexibility index (Phi) is 4.20. The zero-order chi connectivity index (χ0) is 13.9. The number of carbonyl (C=O) groups is 1. The maximum absolute atomic E-state index is 13.4. The Balaban J connectivity index is 2.39. The topological polar surface area (TPSA) is 38.3 Å². The fourth-order valence-electron chi connectivity index (χ4n) is 2.87. The first kappa shape index (κ1) is 14.0. The second-order valence-corrected chi connectivity index (χ2v) is 5.04. The van der Waals surface area contributed by atoms with Gasteiger partial charge >= 0.3 is 0 Å². The van der Waals surface area contributed by atoms with Gasteiger partial charge in [0.25, 0.3) is 0 Å². The zero-order valence-corrected chi connectivity index (χ0v) is 11.5. The van der Waals surface area contributed by atoms with Crippen LogP contribution in [0.2, 0.25) is 0 Å². The molecule has 0 aliphatic carbocycles. The number of hydrogen-bond acceptors (Lipinski definition) is 3. The van der Waals surface area contributed by atoms with Crippen LogP contribution in [0.1, 0.15) is 43.0 Å². The van der Waals surface area contributed by atoms with Crippen molar-refractivity contribution in [3.8, 4) is 5.75 Å². The van der Waals surface area contributed by atoms with E-state index in [2.05, 4.69) is 12.2 Å². The fourth-order valence-corrected chi connectivity index (χ4v) is 2.87. The highest BCUT2D eigenvalue weighted by atomic mass is 19.1. The first-order chi connectivity index (χ1) is 9.13. The third-order valence-corrected chi connectivity index (χ3v) is 3.76. The molecule has 0 amide bonds. The van der Waals surface area contributed by atoms with E-state index in [1.807, 2.05) is 0 Å².